The molecule has 2 rings (SSSR count). The van der Waals surface area contributed by atoms with E-state index in [0.29, 0.717) is 6.54 Å². The van der Waals surface area contributed by atoms with Crippen molar-refractivity contribution in [2.75, 3.05) is 0 Å². The fourth-order valence-corrected chi connectivity index (χ4v) is 2.45. The van der Waals surface area contributed by atoms with E-state index in [0.717, 1.165) is 20.9 Å². The van der Waals surface area contributed by atoms with Gasteiger partial charge in [0.05, 0.1) is 11.5 Å². The van der Waals surface area contributed by atoms with Gasteiger partial charge in [0, 0.05) is 11.4 Å². The third-order valence-electron chi connectivity index (χ3n) is 2.59. The summed E-state index contributed by atoms with van der Waals surface area (Å²) in [5, 5.41) is 11.9. The zero-order valence-electron chi connectivity index (χ0n) is 10.1. The minimum Gasteiger partial charge on any atom is -0.392 e. The summed E-state index contributed by atoms with van der Waals surface area (Å²) in [4.78, 5) is 13.7. The standard InChI is InChI=1S/C14H15NO2S/c1-10-5-6-13(18-10)14(17)15-8-11-3-2-4-12(7-11)9-16/h2-7,16H,8-9H2,1H3,(H,15,17). The highest BCUT2D eigenvalue weighted by Gasteiger charge is 2.07. The van der Waals surface area contributed by atoms with Crippen LogP contribution in [0.25, 0.3) is 0 Å². The van der Waals surface area contributed by atoms with Gasteiger partial charge in [-0.1, -0.05) is 24.3 Å². The zero-order valence-corrected chi connectivity index (χ0v) is 11.0. The van der Waals surface area contributed by atoms with Gasteiger partial charge in [-0.15, -0.1) is 11.3 Å². The second-order valence-electron chi connectivity index (χ2n) is 4.07. The van der Waals surface area contributed by atoms with Crippen LogP contribution in [0.4, 0.5) is 0 Å². The highest BCUT2D eigenvalue weighted by Crippen LogP contribution is 2.15. The van der Waals surface area contributed by atoms with Crippen LogP contribution in [0.5, 0.6) is 0 Å². The maximum absolute atomic E-state index is 11.8. The van der Waals surface area contributed by atoms with E-state index in [1.807, 2.05) is 43.3 Å². The van der Waals surface area contributed by atoms with Crippen LogP contribution in [-0.2, 0) is 13.2 Å². The number of carbonyl (C=O) groups excluding carboxylic acids is 1. The first kappa shape index (κ1) is 12.8. The fourth-order valence-electron chi connectivity index (χ4n) is 1.66. The molecule has 18 heavy (non-hydrogen) atoms. The Morgan fingerprint density at radius 3 is 2.72 bits per heavy atom. The number of aliphatic hydroxyl groups is 1. The molecule has 4 heteroatoms. The predicted octanol–water partition coefficient (Wildman–Crippen LogP) is 2.48. The minimum atomic E-state index is -0.0532. The van der Waals surface area contributed by atoms with Crippen LogP contribution in [0.15, 0.2) is 36.4 Å². The first-order chi connectivity index (χ1) is 8.69. The Hall–Kier alpha value is -1.65. The summed E-state index contributed by atoms with van der Waals surface area (Å²) in [6.45, 7) is 2.47. The summed E-state index contributed by atoms with van der Waals surface area (Å²) in [5.41, 5.74) is 1.84. The Morgan fingerprint density at radius 2 is 2.06 bits per heavy atom. The maximum Gasteiger partial charge on any atom is 0.261 e. The van der Waals surface area contributed by atoms with Crippen LogP contribution in [-0.4, -0.2) is 11.0 Å². The van der Waals surface area contributed by atoms with Gasteiger partial charge in [-0.3, -0.25) is 4.79 Å². The highest BCUT2D eigenvalue weighted by atomic mass is 32.1. The Labute approximate surface area is 110 Å². The van der Waals surface area contributed by atoms with E-state index in [-0.39, 0.29) is 12.5 Å². The first-order valence-electron chi connectivity index (χ1n) is 5.72. The largest absolute Gasteiger partial charge is 0.392 e. The molecule has 0 radical (unpaired) electrons. The first-order valence-corrected chi connectivity index (χ1v) is 6.54. The van der Waals surface area contributed by atoms with E-state index in [1.54, 1.807) is 0 Å². The molecule has 1 heterocycles. The number of aliphatic hydroxyl groups excluding tert-OH is 1. The molecule has 1 aromatic heterocycles. The molecule has 1 amide bonds. The molecule has 0 aliphatic carbocycles. The second kappa shape index (κ2) is 5.80. The number of amides is 1. The number of thiophene rings is 1. The number of benzene rings is 1. The lowest BCUT2D eigenvalue weighted by atomic mass is 10.1. The lowest BCUT2D eigenvalue weighted by molar-refractivity contribution is 0.0955. The lowest BCUT2D eigenvalue weighted by Gasteiger charge is -2.05. The van der Waals surface area contributed by atoms with Crippen molar-refractivity contribution in [3.05, 3.63) is 57.3 Å². The molecule has 0 aliphatic rings. The number of hydrogen-bond acceptors (Lipinski definition) is 3. The smallest absolute Gasteiger partial charge is 0.261 e. The molecule has 0 atom stereocenters. The van der Waals surface area contributed by atoms with Gasteiger partial charge in [-0.05, 0) is 30.2 Å². The van der Waals surface area contributed by atoms with E-state index in [2.05, 4.69) is 5.32 Å². The van der Waals surface area contributed by atoms with Gasteiger partial charge in [0.1, 0.15) is 0 Å². The summed E-state index contributed by atoms with van der Waals surface area (Å²) in [5.74, 6) is -0.0532. The van der Waals surface area contributed by atoms with Crippen molar-refractivity contribution < 1.29 is 9.90 Å². The Balaban J connectivity index is 1.97. The molecule has 2 aromatic rings. The molecule has 94 valence electrons. The van der Waals surface area contributed by atoms with Gasteiger partial charge in [-0.2, -0.15) is 0 Å². The summed E-state index contributed by atoms with van der Waals surface area (Å²) >= 11 is 1.49. The normalized spacial score (nSPS) is 10.3. The molecule has 2 N–H and O–H groups in total. The molecule has 0 saturated carbocycles. The molecule has 0 saturated heterocycles. The van der Waals surface area contributed by atoms with Crippen LogP contribution >= 0.6 is 11.3 Å². The third-order valence-corrected chi connectivity index (χ3v) is 3.59. The van der Waals surface area contributed by atoms with Crippen molar-refractivity contribution in [1.29, 1.82) is 0 Å². The van der Waals surface area contributed by atoms with Gasteiger partial charge in [0.2, 0.25) is 0 Å². The van der Waals surface area contributed by atoms with E-state index < -0.39 is 0 Å². The molecule has 0 bridgehead atoms. The summed E-state index contributed by atoms with van der Waals surface area (Å²) < 4.78 is 0. The van der Waals surface area contributed by atoms with Crippen molar-refractivity contribution in [3.63, 3.8) is 0 Å². The predicted molar refractivity (Wildman–Crippen MR) is 72.6 cm³/mol. The number of carbonyl (C=O) groups is 1. The highest BCUT2D eigenvalue weighted by molar-refractivity contribution is 7.13. The summed E-state index contributed by atoms with van der Waals surface area (Å²) in [6.07, 6.45) is 0. The molecular weight excluding hydrogens is 246 g/mol. The van der Waals surface area contributed by atoms with E-state index in [4.69, 9.17) is 5.11 Å². The van der Waals surface area contributed by atoms with Crippen LogP contribution < -0.4 is 5.32 Å². The average molecular weight is 261 g/mol. The van der Waals surface area contributed by atoms with Crippen molar-refractivity contribution >= 4 is 17.2 Å². The van der Waals surface area contributed by atoms with E-state index in [1.165, 1.54) is 11.3 Å². The molecule has 0 fully saturated rings. The molecular formula is C14H15NO2S. The van der Waals surface area contributed by atoms with Gasteiger partial charge in [0.25, 0.3) is 5.91 Å². The Kier molecular flexibility index (Phi) is 4.12. The van der Waals surface area contributed by atoms with Gasteiger partial charge < -0.3 is 10.4 Å². The number of hydrogen-bond donors (Lipinski definition) is 2. The lowest BCUT2D eigenvalue weighted by Crippen LogP contribution is -2.21. The number of rotatable bonds is 4. The summed E-state index contributed by atoms with van der Waals surface area (Å²) in [7, 11) is 0. The molecule has 1 aromatic carbocycles. The SMILES string of the molecule is Cc1ccc(C(=O)NCc2cccc(CO)c2)s1. The second-order valence-corrected chi connectivity index (χ2v) is 5.36. The maximum atomic E-state index is 11.8. The molecule has 0 spiro atoms. The van der Waals surface area contributed by atoms with Gasteiger partial charge in [0.15, 0.2) is 0 Å². The van der Waals surface area contributed by atoms with E-state index in [9.17, 15) is 4.79 Å². The van der Waals surface area contributed by atoms with Crippen molar-refractivity contribution in [3.8, 4) is 0 Å². The Morgan fingerprint density at radius 1 is 1.28 bits per heavy atom. The van der Waals surface area contributed by atoms with E-state index >= 15 is 0 Å². The fraction of sp³-hybridized carbons (Fsp3) is 0.214. The van der Waals surface area contributed by atoms with Gasteiger partial charge in [-0.25, -0.2) is 0 Å². The van der Waals surface area contributed by atoms with Crippen LogP contribution in [0.2, 0.25) is 0 Å². The van der Waals surface area contributed by atoms with Crippen LogP contribution in [0.1, 0.15) is 25.7 Å². The molecule has 3 nitrogen and oxygen atoms in total. The monoisotopic (exact) mass is 261 g/mol. The van der Waals surface area contributed by atoms with Gasteiger partial charge >= 0.3 is 0 Å². The zero-order chi connectivity index (χ0) is 13.0. The average Bonchev–Trinajstić information content (AvgIpc) is 2.83. The van der Waals surface area contributed by atoms with Crippen molar-refractivity contribution in [2.45, 2.75) is 20.1 Å². The van der Waals surface area contributed by atoms with Crippen LogP contribution in [0, 0.1) is 6.92 Å². The topological polar surface area (TPSA) is 49.3 Å². The number of nitrogens with one attached hydrogen (secondary N) is 1. The molecule has 0 aliphatic heterocycles. The molecule has 0 unspecified atom stereocenters. The van der Waals surface area contributed by atoms with Crippen molar-refractivity contribution in [1.82, 2.24) is 5.32 Å². The summed E-state index contributed by atoms with van der Waals surface area (Å²) in [6, 6.07) is 11.3. The number of aryl methyl sites for hydroxylation is 1. The third kappa shape index (κ3) is 3.18. The Bertz CT molecular complexity index is 548. The minimum absolute atomic E-state index is 0.0197. The quantitative estimate of drug-likeness (QED) is 0.888. The van der Waals surface area contributed by atoms with Crippen molar-refractivity contribution in [2.24, 2.45) is 0 Å². The van der Waals surface area contributed by atoms with Crippen LogP contribution in [0.3, 0.4) is 0 Å².